The summed E-state index contributed by atoms with van der Waals surface area (Å²) in [5.41, 5.74) is 0.663. The molecule has 0 unspecified atom stereocenters. The lowest BCUT2D eigenvalue weighted by molar-refractivity contribution is -0.121. The van der Waals surface area contributed by atoms with E-state index in [1.54, 1.807) is 18.3 Å². The van der Waals surface area contributed by atoms with Gasteiger partial charge in [0.1, 0.15) is 11.2 Å². The van der Waals surface area contributed by atoms with Crippen molar-refractivity contribution in [2.75, 3.05) is 11.9 Å². The van der Waals surface area contributed by atoms with Crippen molar-refractivity contribution in [1.29, 1.82) is 0 Å². The van der Waals surface area contributed by atoms with Gasteiger partial charge >= 0.3 is 0 Å². The summed E-state index contributed by atoms with van der Waals surface area (Å²) in [6.45, 7) is 3.83. The Hall–Kier alpha value is -0.940. The number of halogens is 1. The van der Waals surface area contributed by atoms with Crippen LogP contribution < -0.4 is 5.32 Å². The van der Waals surface area contributed by atoms with Crippen molar-refractivity contribution in [1.82, 2.24) is 4.98 Å². The van der Waals surface area contributed by atoms with E-state index in [1.807, 2.05) is 13.8 Å². The second-order valence-electron chi connectivity index (χ2n) is 3.28. The maximum atomic E-state index is 11.3. The number of nitrogens with one attached hydrogen (secondary N) is 1. The Balaban J connectivity index is 2.41. The first-order valence-corrected chi connectivity index (χ1v) is 5.40. The second kappa shape index (κ2) is 5.82. The van der Waals surface area contributed by atoms with Crippen molar-refractivity contribution in [3.8, 4) is 0 Å². The van der Waals surface area contributed by atoms with E-state index < -0.39 is 0 Å². The van der Waals surface area contributed by atoms with E-state index in [-0.39, 0.29) is 18.6 Å². The van der Waals surface area contributed by atoms with Gasteiger partial charge in [-0.2, -0.15) is 0 Å². The van der Waals surface area contributed by atoms with E-state index >= 15 is 0 Å². The number of carbonyl (C=O) groups excluding carboxylic acids is 1. The molecule has 1 heterocycles. The second-order valence-corrected chi connectivity index (χ2v) is 4.09. The van der Waals surface area contributed by atoms with Crippen LogP contribution in [0, 0.1) is 0 Å². The normalized spacial score (nSPS) is 10.4. The number of anilines is 1. The van der Waals surface area contributed by atoms with Gasteiger partial charge in [0.15, 0.2) is 0 Å². The molecule has 1 amide bonds. The third-order valence-corrected chi connectivity index (χ3v) is 2.03. The van der Waals surface area contributed by atoms with Crippen LogP contribution in [0.3, 0.4) is 0 Å². The summed E-state index contributed by atoms with van der Waals surface area (Å²) in [7, 11) is 0. The molecule has 0 aliphatic heterocycles. The highest BCUT2D eigenvalue weighted by Crippen LogP contribution is 2.10. The van der Waals surface area contributed by atoms with Crippen molar-refractivity contribution < 1.29 is 9.53 Å². The number of aromatic nitrogens is 1. The van der Waals surface area contributed by atoms with Crippen LogP contribution in [-0.2, 0) is 9.53 Å². The first-order valence-electron chi connectivity index (χ1n) is 4.61. The smallest absolute Gasteiger partial charge is 0.250 e. The zero-order valence-corrected chi connectivity index (χ0v) is 10.2. The van der Waals surface area contributed by atoms with Gasteiger partial charge in [-0.25, -0.2) is 4.98 Å². The Morgan fingerprint density at radius 1 is 1.60 bits per heavy atom. The van der Waals surface area contributed by atoms with E-state index in [1.165, 1.54) is 0 Å². The van der Waals surface area contributed by atoms with E-state index in [2.05, 4.69) is 26.2 Å². The average molecular weight is 273 g/mol. The third kappa shape index (κ3) is 4.90. The lowest BCUT2D eigenvalue weighted by Gasteiger charge is -2.07. The van der Waals surface area contributed by atoms with Crippen molar-refractivity contribution >= 4 is 27.5 Å². The Morgan fingerprint density at radius 3 is 2.87 bits per heavy atom. The molecule has 82 valence electrons. The number of hydrogen-bond acceptors (Lipinski definition) is 3. The van der Waals surface area contributed by atoms with Crippen LogP contribution in [0.4, 0.5) is 5.69 Å². The molecule has 1 aromatic heterocycles. The fraction of sp³-hybridized carbons (Fsp3) is 0.400. The van der Waals surface area contributed by atoms with Crippen LogP contribution >= 0.6 is 15.9 Å². The predicted molar refractivity (Wildman–Crippen MR) is 61.7 cm³/mol. The zero-order chi connectivity index (χ0) is 11.3. The van der Waals surface area contributed by atoms with Gasteiger partial charge in [0.2, 0.25) is 5.91 Å². The molecule has 1 aromatic rings. The van der Waals surface area contributed by atoms with Gasteiger partial charge < -0.3 is 10.1 Å². The zero-order valence-electron chi connectivity index (χ0n) is 8.66. The number of ether oxygens (including phenoxy) is 1. The van der Waals surface area contributed by atoms with Crippen LogP contribution in [-0.4, -0.2) is 23.6 Å². The van der Waals surface area contributed by atoms with Crippen molar-refractivity contribution in [2.24, 2.45) is 0 Å². The summed E-state index contributed by atoms with van der Waals surface area (Å²) in [5.74, 6) is -0.173. The fourth-order valence-corrected chi connectivity index (χ4v) is 1.12. The minimum Gasteiger partial charge on any atom is -0.369 e. The SMILES string of the molecule is CC(C)OCC(=O)Nc1ccc(Br)nc1. The highest BCUT2D eigenvalue weighted by Gasteiger charge is 2.03. The molecular weight excluding hydrogens is 260 g/mol. The monoisotopic (exact) mass is 272 g/mol. The van der Waals surface area contributed by atoms with Gasteiger partial charge in [-0.1, -0.05) is 0 Å². The number of hydrogen-bond donors (Lipinski definition) is 1. The standard InChI is InChI=1S/C10H13BrN2O2/c1-7(2)15-6-10(14)13-8-3-4-9(11)12-5-8/h3-5,7H,6H2,1-2H3,(H,13,14). The maximum absolute atomic E-state index is 11.3. The molecule has 0 saturated carbocycles. The number of nitrogens with zero attached hydrogens (tertiary/aromatic N) is 1. The molecule has 0 bridgehead atoms. The van der Waals surface area contributed by atoms with E-state index in [9.17, 15) is 4.79 Å². The Labute approximate surface area is 97.2 Å². The van der Waals surface area contributed by atoms with Crippen molar-refractivity contribution in [2.45, 2.75) is 20.0 Å². The van der Waals surface area contributed by atoms with Crippen LogP contribution in [0.15, 0.2) is 22.9 Å². The molecule has 0 spiro atoms. The highest BCUT2D eigenvalue weighted by molar-refractivity contribution is 9.10. The largest absolute Gasteiger partial charge is 0.369 e. The molecule has 0 aliphatic rings. The molecule has 0 radical (unpaired) electrons. The summed E-state index contributed by atoms with van der Waals surface area (Å²) in [5, 5.41) is 2.68. The van der Waals surface area contributed by atoms with Gasteiger partial charge in [-0.15, -0.1) is 0 Å². The van der Waals surface area contributed by atoms with Gasteiger partial charge in [0.25, 0.3) is 0 Å². The highest BCUT2D eigenvalue weighted by atomic mass is 79.9. The van der Waals surface area contributed by atoms with E-state index in [0.717, 1.165) is 4.60 Å². The number of carbonyl (C=O) groups is 1. The van der Waals surface area contributed by atoms with Gasteiger partial charge in [0, 0.05) is 0 Å². The van der Waals surface area contributed by atoms with Crippen LogP contribution in [0.1, 0.15) is 13.8 Å². The molecule has 15 heavy (non-hydrogen) atoms. The number of amides is 1. The van der Waals surface area contributed by atoms with Crippen LogP contribution in [0.5, 0.6) is 0 Å². The Morgan fingerprint density at radius 2 is 2.33 bits per heavy atom. The summed E-state index contributed by atoms with van der Waals surface area (Å²) in [4.78, 5) is 15.3. The molecule has 1 rings (SSSR count). The van der Waals surface area contributed by atoms with Gasteiger partial charge in [-0.05, 0) is 41.9 Å². The molecule has 1 N–H and O–H groups in total. The van der Waals surface area contributed by atoms with Crippen LogP contribution in [0.2, 0.25) is 0 Å². The third-order valence-electron chi connectivity index (χ3n) is 1.56. The summed E-state index contributed by atoms with van der Waals surface area (Å²) < 4.78 is 5.89. The van der Waals surface area contributed by atoms with Crippen LogP contribution in [0.25, 0.3) is 0 Å². The molecule has 0 aliphatic carbocycles. The van der Waals surface area contributed by atoms with Gasteiger partial charge in [0.05, 0.1) is 18.0 Å². The topological polar surface area (TPSA) is 51.2 Å². The fourth-order valence-electron chi connectivity index (χ4n) is 0.889. The molecule has 0 aromatic carbocycles. The quantitative estimate of drug-likeness (QED) is 0.856. The summed E-state index contributed by atoms with van der Waals surface area (Å²) >= 11 is 3.21. The first-order chi connectivity index (χ1) is 7.08. The lowest BCUT2D eigenvalue weighted by atomic mass is 10.4. The summed E-state index contributed by atoms with van der Waals surface area (Å²) in [6, 6.07) is 3.53. The molecule has 0 saturated heterocycles. The van der Waals surface area contributed by atoms with E-state index in [0.29, 0.717) is 5.69 Å². The maximum Gasteiger partial charge on any atom is 0.250 e. The first kappa shape index (κ1) is 12.1. The molecule has 0 atom stereocenters. The lowest BCUT2D eigenvalue weighted by Crippen LogP contribution is -2.20. The van der Waals surface area contributed by atoms with Crippen molar-refractivity contribution in [3.63, 3.8) is 0 Å². The van der Waals surface area contributed by atoms with Crippen molar-refractivity contribution in [3.05, 3.63) is 22.9 Å². The molecular formula is C10H13BrN2O2. The molecule has 0 fully saturated rings. The average Bonchev–Trinajstić information content (AvgIpc) is 2.19. The minimum atomic E-state index is -0.173. The summed E-state index contributed by atoms with van der Waals surface area (Å²) in [6.07, 6.45) is 1.64. The van der Waals surface area contributed by atoms with Gasteiger partial charge in [-0.3, -0.25) is 4.79 Å². The minimum absolute atomic E-state index is 0.0544. The number of pyridine rings is 1. The molecule has 5 heteroatoms. The predicted octanol–water partition coefficient (Wildman–Crippen LogP) is 2.21. The number of rotatable bonds is 4. The Bertz CT molecular complexity index is 325. The Kier molecular flexibility index (Phi) is 4.71. The molecule has 4 nitrogen and oxygen atoms in total. The van der Waals surface area contributed by atoms with E-state index in [4.69, 9.17) is 4.74 Å².